The third-order valence-electron chi connectivity index (χ3n) is 5.46. The van der Waals surface area contributed by atoms with Gasteiger partial charge >= 0.3 is 0 Å². The van der Waals surface area contributed by atoms with Gasteiger partial charge in [0.05, 0.1) is 0 Å². The highest BCUT2D eigenvalue weighted by molar-refractivity contribution is 9.10. The van der Waals surface area contributed by atoms with E-state index in [2.05, 4.69) is 42.0 Å². The third-order valence-corrected chi connectivity index (χ3v) is 5.95. The Balaban J connectivity index is 2.23. The van der Waals surface area contributed by atoms with E-state index in [9.17, 15) is 9.59 Å². The Hall–Kier alpha value is -2.34. The number of halogens is 1. The minimum absolute atomic E-state index is 0.0442. The number of nitrogens with one attached hydrogen (secondary N) is 1. The number of hydrogen-bond acceptors (Lipinski definition) is 3. The number of carbonyl (C=O) groups is 2. The number of carbonyl (C=O) groups excluding carboxylic acids is 2. The Kier molecular flexibility index (Phi) is 9.32. The fraction of sp³-hybridized carbons (Fsp3) is 0.462. The number of rotatable bonds is 9. The molecule has 0 aliphatic carbocycles. The second-order valence-corrected chi connectivity index (χ2v) is 10.1. The molecule has 0 fully saturated rings. The molecule has 0 saturated carbocycles. The third kappa shape index (κ3) is 7.37. The lowest BCUT2D eigenvalue weighted by molar-refractivity contribution is -0.142. The SMILES string of the molecule is CC[C@@H](C)NC(=O)[C@H](C)N(Cc1cccc(Br)c1)C(=O)COc1ccccc1C(C)(C)C. The summed E-state index contributed by atoms with van der Waals surface area (Å²) in [5.74, 6) is 0.283. The normalized spacial score (nSPS) is 13.2. The maximum absolute atomic E-state index is 13.3. The molecule has 0 unspecified atom stereocenters. The molecule has 2 atom stereocenters. The Morgan fingerprint density at radius 3 is 2.41 bits per heavy atom. The molecule has 32 heavy (non-hydrogen) atoms. The van der Waals surface area contributed by atoms with E-state index in [4.69, 9.17) is 4.74 Å². The first-order chi connectivity index (χ1) is 15.0. The number of hydrogen-bond donors (Lipinski definition) is 1. The second kappa shape index (κ2) is 11.5. The van der Waals surface area contributed by atoms with Crippen molar-refractivity contribution in [1.82, 2.24) is 10.2 Å². The minimum Gasteiger partial charge on any atom is -0.483 e. The molecule has 0 bridgehead atoms. The number of amides is 2. The number of nitrogens with zero attached hydrogens (tertiary/aromatic N) is 1. The second-order valence-electron chi connectivity index (χ2n) is 9.18. The molecule has 174 valence electrons. The Morgan fingerprint density at radius 1 is 1.09 bits per heavy atom. The lowest BCUT2D eigenvalue weighted by Crippen LogP contribution is -2.50. The van der Waals surface area contributed by atoms with Gasteiger partial charge in [0.15, 0.2) is 6.61 Å². The van der Waals surface area contributed by atoms with Gasteiger partial charge in [0, 0.05) is 17.1 Å². The van der Waals surface area contributed by atoms with E-state index in [1.807, 2.05) is 62.4 Å². The standard InChI is InChI=1S/C26H35BrN2O3/c1-7-18(2)28-25(31)19(3)29(16-20-11-10-12-21(27)15-20)24(30)17-32-23-14-9-8-13-22(23)26(4,5)6/h8-15,18-19H,7,16-17H2,1-6H3,(H,28,31)/t18-,19+/m1/s1. The van der Waals surface area contributed by atoms with Crippen LogP contribution in [0.4, 0.5) is 0 Å². The lowest BCUT2D eigenvalue weighted by atomic mass is 9.86. The highest BCUT2D eigenvalue weighted by Crippen LogP contribution is 2.31. The predicted molar refractivity (Wildman–Crippen MR) is 133 cm³/mol. The summed E-state index contributed by atoms with van der Waals surface area (Å²) in [6.45, 7) is 12.2. The molecular weight excluding hydrogens is 468 g/mol. The van der Waals surface area contributed by atoms with Crippen molar-refractivity contribution in [3.05, 3.63) is 64.1 Å². The Labute approximate surface area is 200 Å². The molecule has 2 aromatic rings. The fourth-order valence-electron chi connectivity index (χ4n) is 3.31. The maximum atomic E-state index is 13.3. The van der Waals surface area contributed by atoms with Crippen LogP contribution in [-0.2, 0) is 21.5 Å². The molecule has 1 N–H and O–H groups in total. The topological polar surface area (TPSA) is 58.6 Å². The summed E-state index contributed by atoms with van der Waals surface area (Å²) in [7, 11) is 0. The molecule has 2 rings (SSSR count). The molecule has 5 nitrogen and oxygen atoms in total. The first kappa shape index (κ1) is 25.9. The summed E-state index contributed by atoms with van der Waals surface area (Å²) < 4.78 is 6.89. The number of ether oxygens (including phenoxy) is 1. The van der Waals surface area contributed by atoms with Crippen molar-refractivity contribution in [1.29, 1.82) is 0 Å². The van der Waals surface area contributed by atoms with E-state index in [1.54, 1.807) is 11.8 Å². The average Bonchev–Trinajstić information content (AvgIpc) is 2.74. The van der Waals surface area contributed by atoms with Crippen LogP contribution in [0.1, 0.15) is 59.1 Å². The van der Waals surface area contributed by atoms with Crippen LogP contribution in [0.5, 0.6) is 5.75 Å². The van der Waals surface area contributed by atoms with Gasteiger partial charge in [-0.15, -0.1) is 0 Å². The quantitative estimate of drug-likeness (QED) is 0.495. The van der Waals surface area contributed by atoms with Gasteiger partial charge in [0.1, 0.15) is 11.8 Å². The lowest BCUT2D eigenvalue weighted by Gasteiger charge is -2.30. The molecule has 0 saturated heterocycles. The first-order valence-corrected chi connectivity index (χ1v) is 11.9. The zero-order valence-electron chi connectivity index (χ0n) is 19.9. The van der Waals surface area contributed by atoms with Gasteiger partial charge in [0.25, 0.3) is 5.91 Å². The van der Waals surface area contributed by atoms with E-state index < -0.39 is 6.04 Å². The van der Waals surface area contributed by atoms with E-state index in [0.29, 0.717) is 12.3 Å². The molecule has 0 aliphatic heterocycles. The van der Waals surface area contributed by atoms with Gasteiger partial charge in [-0.2, -0.15) is 0 Å². The zero-order chi connectivity index (χ0) is 23.9. The van der Waals surface area contributed by atoms with Crippen molar-refractivity contribution in [3.8, 4) is 5.75 Å². The molecule has 2 aromatic carbocycles. The van der Waals surface area contributed by atoms with Crippen LogP contribution >= 0.6 is 15.9 Å². The summed E-state index contributed by atoms with van der Waals surface area (Å²) in [5, 5.41) is 2.98. The summed E-state index contributed by atoms with van der Waals surface area (Å²) >= 11 is 3.48. The van der Waals surface area contributed by atoms with Crippen LogP contribution in [0, 0.1) is 0 Å². The van der Waals surface area contributed by atoms with E-state index in [1.165, 1.54) is 0 Å². The van der Waals surface area contributed by atoms with Gasteiger partial charge in [0.2, 0.25) is 5.91 Å². The predicted octanol–water partition coefficient (Wildman–Crippen LogP) is 5.46. The van der Waals surface area contributed by atoms with Crippen LogP contribution in [0.25, 0.3) is 0 Å². The fourth-order valence-corrected chi connectivity index (χ4v) is 3.76. The Bertz CT molecular complexity index is 923. The summed E-state index contributed by atoms with van der Waals surface area (Å²) in [6, 6.07) is 14.9. The van der Waals surface area contributed by atoms with Crippen LogP contribution < -0.4 is 10.1 Å². The number of para-hydroxylation sites is 1. The van der Waals surface area contributed by atoms with Crippen molar-refractivity contribution < 1.29 is 14.3 Å². The summed E-state index contributed by atoms with van der Waals surface area (Å²) in [4.78, 5) is 27.7. The van der Waals surface area contributed by atoms with Gasteiger partial charge < -0.3 is 15.0 Å². The monoisotopic (exact) mass is 502 g/mol. The summed E-state index contributed by atoms with van der Waals surface area (Å²) in [6.07, 6.45) is 0.824. The summed E-state index contributed by atoms with van der Waals surface area (Å²) in [5.41, 5.74) is 1.86. The van der Waals surface area contributed by atoms with Crippen molar-refractivity contribution in [2.75, 3.05) is 6.61 Å². The number of benzene rings is 2. The average molecular weight is 503 g/mol. The van der Waals surface area contributed by atoms with Gasteiger partial charge in [-0.25, -0.2) is 0 Å². The van der Waals surface area contributed by atoms with Crippen molar-refractivity contribution >= 4 is 27.7 Å². The Morgan fingerprint density at radius 2 is 1.78 bits per heavy atom. The molecule has 0 radical (unpaired) electrons. The molecule has 0 aromatic heterocycles. The van der Waals surface area contributed by atoms with E-state index in [-0.39, 0.29) is 29.9 Å². The zero-order valence-corrected chi connectivity index (χ0v) is 21.5. The van der Waals surface area contributed by atoms with Crippen LogP contribution in [0.15, 0.2) is 53.0 Å². The van der Waals surface area contributed by atoms with E-state index in [0.717, 1.165) is 22.0 Å². The van der Waals surface area contributed by atoms with Crippen LogP contribution in [0.2, 0.25) is 0 Å². The highest BCUT2D eigenvalue weighted by atomic mass is 79.9. The van der Waals surface area contributed by atoms with Crippen molar-refractivity contribution in [2.24, 2.45) is 0 Å². The van der Waals surface area contributed by atoms with Gasteiger partial charge in [-0.1, -0.05) is 74.0 Å². The molecule has 6 heteroatoms. The molecule has 2 amide bonds. The molecule has 0 heterocycles. The van der Waals surface area contributed by atoms with Gasteiger partial charge in [-0.05, 0) is 55.0 Å². The van der Waals surface area contributed by atoms with Crippen LogP contribution in [-0.4, -0.2) is 35.4 Å². The molecule has 0 aliphatic rings. The van der Waals surface area contributed by atoms with Crippen molar-refractivity contribution in [3.63, 3.8) is 0 Å². The maximum Gasteiger partial charge on any atom is 0.261 e. The molecule has 0 spiro atoms. The first-order valence-electron chi connectivity index (χ1n) is 11.1. The van der Waals surface area contributed by atoms with Crippen molar-refractivity contribution in [2.45, 2.75) is 72.0 Å². The van der Waals surface area contributed by atoms with Crippen LogP contribution in [0.3, 0.4) is 0 Å². The smallest absolute Gasteiger partial charge is 0.261 e. The minimum atomic E-state index is -0.628. The molecular formula is C26H35BrN2O3. The largest absolute Gasteiger partial charge is 0.483 e. The highest BCUT2D eigenvalue weighted by Gasteiger charge is 2.28. The van der Waals surface area contributed by atoms with Gasteiger partial charge in [-0.3, -0.25) is 9.59 Å². The van der Waals surface area contributed by atoms with E-state index >= 15 is 0 Å².